The molecule has 0 radical (unpaired) electrons. The second-order valence-electron chi connectivity index (χ2n) is 5.74. The van der Waals surface area contributed by atoms with Crippen LogP contribution in [0.4, 0.5) is 0 Å². The molecule has 1 aromatic heterocycles. The largest absolute Gasteiger partial charge is 0.337 e. The third kappa shape index (κ3) is 2.50. The molecule has 0 amide bonds. The molecule has 2 atom stereocenters. The lowest BCUT2D eigenvalue weighted by atomic mass is 9.74. The number of aryl methyl sites for hydroxylation is 1. The lowest BCUT2D eigenvalue weighted by Gasteiger charge is -2.33. The molecule has 0 saturated carbocycles. The van der Waals surface area contributed by atoms with Crippen molar-refractivity contribution in [3.8, 4) is 0 Å². The molecule has 3 rings (SSSR count). The highest BCUT2D eigenvalue weighted by molar-refractivity contribution is 5.40. The van der Waals surface area contributed by atoms with Gasteiger partial charge in [0.2, 0.25) is 0 Å². The molecule has 3 heteroatoms. The minimum Gasteiger partial charge on any atom is -0.337 e. The van der Waals surface area contributed by atoms with E-state index < -0.39 is 0 Å². The molecule has 2 aromatic rings. The Morgan fingerprint density at radius 1 is 1.40 bits per heavy atom. The Bertz CT molecular complexity index is 573. The number of fused-ring (bicyclic) bond motifs is 1. The summed E-state index contributed by atoms with van der Waals surface area (Å²) in [5.41, 5.74) is 3.05. The Labute approximate surface area is 121 Å². The molecule has 0 saturated heterocycles. The molecule has 0 aliphatic heterocycles. The third-order valence-corrected chi connectivity index (χ3v) is 4.29. The number of imidazole rings is 1. The summed E-state index contributed by atoms with van der Waals surface area (Å²) in [5, 5.41) is 3.66. The first-order valence-corrected chi connectivity index (χ1v) is 7.58. The summed E-state index contributed by atoms with van der Waals surface area (Å²) in [6.07, 6.45) is 7.43. The van der Waals surface area contributed by atoms with Crippen LogP contribution in [0, 0.1) is 0 Å². The first-order chi connectivity index (χ1) is 9.79. The van der Waals surface area contributed by atoms with Crippen LogP contribution in [0.15, 0.2) is 36.7 Å². The van der Waals surface area contributed by atoms with Crippen molar-refractivity contribution in [2.75, 3.05) is 6.54 Å². The summed E-state index contributed by atoms with van der Waals surface area (Å²) >= 11 is 0. The lowest BCUT2D eigenvalue weighted by Crippen LogP contribution is -2.29. The standard InChI is InChI=1S/C17H23N3/c1-3-8-18-16(17-19-9-10-20(17)2)12-14-11-13-6-4-5-7-15(13)14/h4-7,9-10,14,16,18H,3,8,11-12H2,1-2H3. The lowest BCUT2D eigenvalue weighted by molar-refractivity contribution is 0.406. The average molecular weight is 269 g/mol. The molecule has 0 bridgehead atoms. The van der Waals surface area contributed by atoms with E-state index in [0.29, 0.717) is 12.0 Å². The Balaban J connectivity index is 1.73. The molecule has 1 aliphatic carbocycles. The first kappa shape index (κ1) is 13.4. The van der Waals surface area contributed by atoms with Gasteiger partial charge in [0.15, 0.2) is 0 Å². The maximum Gasteiger partial charge on any atom is 0.125 e. The Morgan fingerprint density at radius 3 is 2.95 bits per heavy atom. The molecule has 1 aromatic carbocycles. The molecule has 3 nitrogen and oxygen atoms in total. The van der Waals surface area contributed by atoms with Gasteiger partial charge in [-0.3, -0.25) is 0 Å². The van der Waals surface area contributed by atoms with Crippen LogP contribution in [0.3, 0.4) is 0 Å². The van der Waals surface area contributed by atoms with Crippen LogP contribution in [0.5, 0.6) is 0 Å². The van der Waals surface area contributed by atoms with Gasteiger partial charge in [-0.1, -0.05) is 31.2 Å². The van der Waals surface area contributed by atoms with Gasteiger partial charge < -0.3 is 9.88 Å². The van der Waals surface area contributed by atoms with Gasteiger partial charge >= 0.3 is 0 Å². The van der Waals surface area contributed by atoms with Crippen molar-refractivity contribution < 1.29 is 0 Å². The van der Waals surface area contributed by atoms with Crippen LogP contribution in [-0.2, 0) is 13.5 Å². The van der Waals surface area contributed by atoms with Crippen LogP contribution in [-0.4, -0.2) is 16.1 Å². The van der Waals surface area contributed by atoms with Crippen LogP contribution in [0.2, 0.25) is 0 Å². The quantitative estimate of drug-likeness (QED) is 0.873. The Hall–Kier alpha value is -1.61. The fraction of sp³-hybridized carbons (Fsp3) is 0.471. The van der Waals surface area contributed by atoms with E-state index in [0.717, 1.165) is 25.2 Å². The van der Waals surface area contributed by atoms with E-state index >= 15 is 0 Å². The second-order valence-corrected chi connectivity index (χ2v) is 5.74. The number of rotatable bonds is 6. The number of nitrogens with zero attached hydrogens (tertiary/aromatic N) is 2. The molecule has 0 spiro atoms. The molecule has 0 fully saturated rings. The van der Waals surface area contributed by atoms with E-state index in [-0.39, 0.29) is 0 Å². The molecule has 2 unspecified atom stereocenters. The van der Waals surface area contributed by atoms with E-state index in [1.54, 1.807) is 0 Å². The summed E-state index contributed by atoms with van der Waals surface area (Å²) in [4.78, 5) is 4.54. The van der Waals surface area contributed by atoms with Crippen LogP contribution in [0.1, 0.15) is 48.7 Å². The van der Waals surface area contributed by atoms with Gasteiger partial charge in [-0.15, -0.1) is 0 Å². The Morgan fingerprint density at radius 2 is 2.25 bits per heavy atom. The summed E-state index contributed by atoms with van der Waals surface area (Å²) in [7, 11) is 2.08. The van der Waals surface area contributed by atoms with Crippen molar-refractivity contribution >= 4 is 0 Å². The van der Waals surface area contributed by atoms with Crippen molar-refractivity contribution in [1.29, 1.82) is 0 Å². The van der Waals surface area contributed by atoms with Crippen molar-refractivity contribution in [3.05, 3.63) is 53.6 Å². The predicted octanol–water partition coefficient (Wildman–Crippen LogP) is 3.19. The molecule has 1 aliphatic rings. The van der Waals surface area contributed by atoms with E-state index in [1.165, 1.54) is 17.5 Å². The highest BCUT2D eigenvalue weighted by Crippen LogP contribution is 2.40. The van der Waals surface area contributed by atoms with E-state index in [1.807, 2.05) is 12.4 Å². The zero-order chi connectivity index (χ0) is 13.9. The van der Waals surface area contributed by atoms with Crippen molar-refractivity contribution in [1.82, 2.24) is 14.9 Å². The van der Waals surface area contributed by atoms with E-state index in [2.05, 4.69) is 53.1 Å². The van der Waals surface area contributed by atoms with E-state index in [4.69, 9.17) is 0 Å². The third-order valence-electron chi connectivity index (χ3n) is 4.29. The van der Waals surface area contributed by atoms with Crippen LogP contribution < -0.4 is 5.32 Å². The zero-order valence-corrected chi connectivity index (χ0v) is 12.3. The highest BCUT2D eigenvalue weighted by atomic mass is 15.1. The minimum atomic E-state index is 0.355. The van der Waals surface area contributed by atoms with Crippen molar-refractivity contribution in [3.63, 3.8) is 0 Å². The first-order valence-electron chi connectivity index (χ1n) is 7.58. The zero-order valence-electron chi connectivity index (χ0n) is 12.3. The molecule has 20 heavy (non-hydrogen) atoms. The Kier molecular flexibility index (Phi) is 3.88. The topological polar surface area (TPSA) is 29.9 Å². The van der Waals surface area contributed by atoms with Crippen LogP contribution >= 0.6 is 0 Å². The second kappa shape index (κ2) is 5.80. The predicted molar refractivity (Wildman–Crippen MR) is 81.7 cm³/mol. The molecular formula is C17H23N3. The van der Waals surface area contributed by atoms with Crippen molar-refractivity contribution in [2.45, 2.75) is 38.1 Å². The van der Waals surface area contributed by atoms with Gasteiger partial charge in [0.1, 0.15) is 5.82 Å². The SMILES string of the molecule is CCCNC(CC1Cc2ccccc21)c1nccn1C. The van der Waals surface area contributed by atoms with Gasteiger partial charge in [-0.05, 0) is 42.9 Å². The summed E-state index contributed by atoms with van der Waals surface area (Å²) in [5.74, 6) is 1.83. The van der Waals surface area contributed by atoms with Gasteiger partial charge in [-0.2, -0.15) is 0 Å². The maximum absolute atomic E-state index is 4.54. The summed E-state index contributed by atoms with van der Waals surface area (Å²) in [6.45, 7) is 3.26. The number of hydrogen-bond acceptors (Lipinski definition) is 2. The number of benzene rings is 1. The minimum absolute atomic E-state index is 0.355. The maximum atomic E-state index is 4.54. The average Bonchev–Trinajstić information content (AvgIpc) is 2.86. The molecule has 1 N–H and O–H groups in total. The van der Waals surface area contributed by atoms with Gasteiger partial charge in [-0.25, -0.2) is 4.98 Å². The van der Waals surface area contributed by atoms with E-state index in [9.17, 15) is 0 Å². The summed E-state index contributed by atoms with van der Waals surface area (Å²) in [6, 6.07) is 9.18. The number of hydrogen-bond donors (Lipinski definition) is 1. The smallest absolute Gasteiger partial charge is 0.125 e. The number of nitrogens with one attached hydrogen (secondary N) is 1. The fourth-order valence-electron chi connectivity index (χ4n) is 3.17. The molecular weight excluding hydrogens is 246 g/mol. The van der Waals surface area contributed by atoms with Gasteiger partial charge in [0.05, 0.1) is 6.04 Å². The normalized spacial score (nSPS) is 18.4. The number of aromatic nitrogens is 2. The van der Waals surface area contributed by atoms with Crippen LogP contribution in [0.25, 0.3) is 0 Å². The molecule has 106 valence electrons. The summed E-state index contributed by atoms with van der Waals surface area (Å²) < 4.78 is 2.14. The van der Waals surface area contributed by atoms with Gasteiger partial charge in [0.25, 0.3) is 0 Å². The highest BCUT2D eigenvalue weighted by Gasteiger charge is 2.29. The fourth-order valence-corrected chi connectivity index (χ4v) is 3.17. The molecule has 1 heterocycles. The van der Waals surface area contributed by atoms with Gasteiger partial charge in [0, 0.05) is 19.4 Å². The monoisotopic (exact) mass is 269 g/mol. The van der Waals surface area contributed by atoms with Crippen molar-refractivity contribution in [2.24, 2.45) is 7.05 Å².